The van der Waals surface area contributed by atoms with Crippen LogP contribution in [0.5, 0.6) is 5.75 Å². The molecule has 0 radical (unpaired) electrons. The molecule has 0 aromatic heterocycles. The predicted octanol–water partition coefficient (Wildman–Crippen LogP) is 3.63. The van der Waals surface area contributed by atoms with E-state index in [1.807, 2.05) is 55.5 Å². The van der Waals surface area contributed by atoms with Gasteiger partial charge in [0, 0.05) is 32.6 Å². The molecule has 0 atom stereocenters. The smallest absolute Gasteiger partial charge is 0.224 e. The molecule has 138 valence electrons. The molecule has 0 heterocycles. The van der Waals surface area contributed by atoms with Crippen LogP contribution in [0.4, 0.5) is 5.69 Å². The Morgan fingerprint density at radius 1 is 1.04 bits per heavy atom. The van der Waals surface area contributed by atoms with Gasteiger partial charge in [-0.25, -0.2) is 0 Å². The molecule has 0 saturated heterocycles. The van der Waals surface area contributed by atoms with E-state index < -0.39 is 0 Å². The first-order chi connectivity index (χ1) is 12.5. The molecule has 1 N–H and O–H groups in total. The van der Waals surface area contributed by atoms with Crippen molar-refractivity contribution in [3.63, 3.8) is 0 Å². The van der Waals surface area contributed by atoms with Crippen molar-refractivity contribution < 1.29 is 14.3 Å². The molecule has 0 aliphatic rings. The molecule has 0 saturated carbocycles. The van der Waals surface area contributed by atoms with E-state index in [1.54, 1.807) is 11.9 Å². The van der Waals surface area contributed by atoms with E-state index in [9.17, 15) is 9.59 Å². The van der Waals surface area contributed by atoms with E-state index in [2.05, 4.69) is 5.32 Å². The van der Waals surface area contributed by atoms with Gasteiger partial charge in [0.2, 0.25) is 11.8 Å². The average Bonchev–Trinajstić information content (AvgIpc) is 2.62. The standard InChI is InChI=1S/C21H26N2O3/c1-4-26-20-12-8-6-9-17(20)13-14-21(25)22-19-11-7-5-10-18(19)15-23(3)16(2)24/h5-12H,4,13-15H2,1-3H3,(H,22,25). The lowest BCUT2D eigenvalue weighted by Gasteiger charge is -2.18. The molecular formula is C21H26N2O3. The summed E-state index contributed by atoms with van der Waals surface area (Å²) in [6.07, 6.45) is 0.971. The number of ether oxygens (including phenoxy) is 1. The minimum atomic E-state index is -0.0609. The summed E-state index contributed by atoms with van der Waals surface area (Å²) in [6.45, 7) is 4.52. The van der Waals surface area contributed by atoms with E-state index in [-0.39, 0.29) is 11.8 Å². The van der Waals surface area contributed by atoms with Crippen molar-refractivity contribution in [3.05, 3.63) is 59.7 Å². The number of nitrogens with one attached hydrogen (secondary N) is 1. The predicted molar refractivity (Wildman–Crippen MR) is 103 cm³/mol. The molecule has 5 heteroatoms. The fourth-order valence-electron chi connectivity index (χ4n) is 2.61. The molecule has 2 rings (SSSR count). The second kappa shape index (κ2) is 9.61. The van der Waals surface area contributed by atoms with Gasteiger partial charge in [-0.1, -0.05) is 36.4 Å². The van der Waals surface area contributed by atoms with Crippen LogP contribution in [0.3, 0.4) is 0 Å². The number of carbonyl (C=O) groups is 2. The van der Waals surface area contributed by atoms with Crippen LogP contribution in [0.2, 0.25) is 0 Å². The van der Waals surface area contributed by atoms with Crippen LogP contribution in [0, 0.1) is 0 Å². The molecule has 0 bridgehead atoms. The van der Waals surface area contributed by atoms with Gasteiger partial charge in [0.15, 0.2) is 0 Å². The van der Waals surface area contributed by atoms with E-state index in [0.29, 0.717) is 26.0 Å². The summed E-state index contributed by atoms with van der Waals surface area (Å²) >= 11 is 0. The van der Waals surface area contributed by atoms with Gasteiger partial charge in [0.05, 0.1) is 6.61 Å². The van der Waals surface area contributed by atoms with E-state index >= 15 is 0 Å². The molecule has 2 amide bonds. The second-order valence-corrected chi connectivity index (χ2v) is 6.12. The van der Waals surface area contributed by atoms with Crippen LogP contribution in [0.15, 0.2) is 48.5 Å². The Bertz CT molecular complexity index is 758. The zero-order valence-corrected chi connectivity index (χ0v) is 15.6. The Morgan fingerprint density at radius 2 is 1.69 bits per heavy atom. The van der Waals surface area contributed by atoms with Gasteiger partial charge >= 0.3 is 0 Å². The topological polar surface area (TPSA) is 58.6 Å². The highest BCUT2D eigenvalue weighted by Crippen LogP contribution is 2.21. The summed E-state index contributed by atoms with van der Waals surface area (Å²) in [6, 6.07) is 15.3. The number of anilines is 1. The number of para-hydroxylation sites is 2. The Kier molecular flexibility index (Phi) is 7.21. The van der Waals surface area contributed by atoms with Crippen LogP contribution in [0.25, 0.3) is 0 Å². The quantitative estimate of drug-likeness (QED) is 0.787. The van der Waals surface area contributed by atoms with Crippen molar-refractivity contribution >= 4 is 17.5 Å². The number of carbonyl (C=O) groups excluding carboxylic acids is 2. The van der Waals surface area contributed by atoms with Crippen LogP contribution in [-0.4, -0.2) is 30.4 Å². The summed E-state index contributed by atoms with van der Waals surface area (Å²) < 4.78 is 5.60. The highest BCUT2D eigenvalue weighted by atomic mass is 16.5. The lowest BCUT2D eigenvalue weighted by molar-refractivity contribution is -0.128. The minimum absolute atomic E-state index is 0.0151. The van der Waals surface area contributed by atoms with E-state index in [1.165, 1.54) is 6.92 Å². The average molecular weight is 354 g/mol. The van der Waals surface area contributed by atoms with Crippen LogP contribution in [-0.2, 0) is 22.6 Å². The number of hydrogen-bond donors (Lipinski definition) is 1. The van der Waals surface area contributed by atoms with Crippen LogP contribution < -0.4 is 10.1 Å². The zero-order valence-electron chi connectivity index (χ0n) is 15.6. The maximum absolute atomic E-state index is 12.4. The third kappa shape index (κ3) is 5.62. The Hall–Kier alpha value is -2.82. The normalized spacial score (nSPS) is 10.3. The number of nitrogens with zero attached hydrogens (tertiary/aromatic N) is 1. The SMILES string of the molecule is CCOc1ccccc1CCC(=O)Nc1ccccc1CN(C)C(C)=O. The van der Waals surface area contributed by atoms with E-state index in [4.69, 9.17) is 4.74 Å². The zero-order chi connectivity index (χ0) is 18.9. The molecule has 2 aromatic rings. The van der Waals surface area contributed by atoms with Gasteiger partial charge in [-0.15, -0.1) is 0 Å². The number of amides is 2. The molecule has 0 aliphatic carbocycles. The van der Waals surface area contributed by atoms with Crippen molar-refractivity contribution in [2.24, 2.45) is 0 Å². The third-order valence-corrected chi connectivity index (χ3v) is 4.13. The summed E-state index contributed by atoms with van der Waals surface area (Å²) in [5, 5.41) is 2.96. The first kappa shape index (κ1) is 19.5. The fraction of sp³-hybridized carbons (Fsp3) is 0.333. The molecule has 0 fully saturated rings. The summed E-state index contributed by atoms with van der Waals surface area (Å²) in [4.78, 5) is 25.5. The lowest BCUT2D eigenvalue weighted by atomic mass is 10.1. The molecule has 0 aliphatic heterocycles. The van der Waals surface area contributed by atoms with Crippen LogP contribution >= 0.6 is 0 Å². The number of rotatable bonds is 8. The molecule has 0 spiro atoms. The Balaban J connectivity index is 1.99. The first-order valence-corrected chi connectivity index (χ1v) is 8.81. The highest BCUT2D eigenvalue weighted by Gasteiger charge is 2.11. The largest absolute Gasteiger partial charge is 0.494 e. The maximum Gasteiger partial charge on any atom is 0.224 e. The highest BCUT2D eigenvalue weighted by molar-refractivity contribution is 5.91. The number of benzene rings is 2. The lowest BCUT2D eigenvalue weighted by Crippen LogP contribution is -2.24. The van der Waals surface area contributed by atoms with Gasteiger partial charge in [-0.3, -0.25) is 9.59 Å². The third-order valence-electron chi connectivity index (χ3n) is 4.13. The summed E-state index contributed by atoms with van der Waals surface area (Å²) in [7, 11) is 1.74. The van der Waals surface area contributed by atoms with Crippen LogP contribution in [0.1, 0.15) is 31.4 Å². The van der Waals surface area contributed by atoms with Gasteiger partial charge in [0.1, 0.15) is 5.75 Å². The fourth-order valence-corrected chi connectivity index (χ4v) is 2.61. The first-order valence-electron chi connectivity index (χ1n) is 8.81. The number of aryl methyl sites for hydroxylation is 1. The van der Waals surface area contributed by atoms with Gasteiger partial charge in [0.25, 0.3) is 0 Å². The maximum atomic E-state index is 12.4. The monoisotopic (exact) mass is 354 g/mol. The Labute approximate surface area is 155 Å². The van der Waals surface area contributed by atoms with Gasteiger partial charge in [-0.2, -0.15) is 0 Å². The molecule has 0 unspecified atom stereocenters. The van der Waals surface area contributed by atoms with Crippen molar-refractivity contribution in [2.45, 2.75) is 33.2 Å². The minimum Gasteiger partial charge on any atom is -0.494 e. The molecule has 2 aromatic carbocycles. The van der Waals surface area contributed by atoms with Crippen molar-refractivity contribution in [1.82, 2.24) is 4.90 Å². The van der Waals surface area contributed by atoms with Crippen molar-refractivity contribution in [2.75, 3.05) is 19.0 Å². The molecule has 26 heavy (non-hydrogen) atoms. The molecular weight excluding hydrogens is 328 g/mol. The molecule has 5 nitrogen and oxygen atoms in total. The van der Waals surface area contributed by atoms with Gasteiger partial charge in [-0.05, 0) is 36.6 Å². The number of hydrogen-bond acceptors (Lipinski definition) is 3. The summed E-state index contributed by atoms with van der Waals surface area (Å²) in [5.41, 5.74) is 2.67. The second-order valence-electron chi connectivity index (χ2n) is 6.12. The van der Waals surface area contributed by atoms with Crippen molar-refractivity contribution in [3.8, 4) is 5.75 Å². The van der Waals surface area contributed by atoms with Gasteiger partial charge < -0.3 is 15.0 Å². The van der Waals surface area contributed by atoms with E-state index in [0.717, 1.165) is 22.6 Å². The van der Waals surface area contributed by atoms with Crippen molar-refractivity contribution in [1.29, 1.82) is 0 Å². The Morgan fingerprint density at radius 3 is 2.38 bits per heavy atom. The summed E-state index contributed by atoms with van der Waals surface area (Å²) in [5.74, 6) is 0.749.